The van der Waals surface area contributed by atoms with Gasteiger partial charge in [0.1, 0.15) is 5.82 Å². The standard InChI is InChI=1S/C15H24FN3/c1-11-7-12(9-13(16)8-11)15(17-2)14-10-18(3)5-6-19(14)4/h7-9,14-15,17H,5-6,10H2,1-4H3. The molecule has 0 aliphatic carbocycles. The molecule has 2 atom stereocenters. The largest absolute Gasteiger partial charge is 0.312 e. The summed E-state index contributed by atoms with van der Waals surface area (Å²) in [6.45, 7) is 5.08. The van der Waals surface area contributed by atoms with E-state index < -0.39 is 0 Å². The zero-order valence-corrected chi connectivity index (χ0v) is 12.3. The van der Waals surface area contributed by atoms with Gasteiger partial charge in [-0.3, -0.25) is 4.90 Å². The summed E-state index contributed by atoms with van der Waals surface area (Å²) in [5.41, 5.74) is 2.01. The predicted molar refractivity (Wildman–Crippen MR) is 76.9 cm³/mol. The fraction of sp³-hybridized carbons (Fsp3) is 0.600. The second kappa shape index (κ2) is 5.99. The Kier molecular flexibility index (Phi) is 4.55. The number of likely N-dealkylation sites (N-methyl/N-ethyl adjacent to an activating group) is 3. The lowest BCUT2D eigenvalue weighted by molar-refractivity contribution is 0.0896. The van der Waals surface area contributed by atoms with Gasteiger partial charge in [-0.1, -0.05) is 6.07 Å². The molecule has 19 heavy (non-hydrogen) atoms. The van der Waals surface area contributed by atoms with Crippen LogP contribution >= 0.6 is 0 Å². The molecule has 3 nitrogen and oxygen atoms in total. The third kappa shape index (κ3) is 3.32. The van der Waals surface area contributed by atoms with Crippen molar-refractivity contribution < 1.29 is 4.39 Å². The minimum Gasteiger partial charge on any atom is -0.312 e. The molecule has 1 fully saturated rings. The van der Waals surface area contributed by atoms with Crippen molar-refractivity contribution in [3.8, 4) is 0 Å². The lowest BCUT2D eigenvalue weighted by Gasteiger charge is -2.42. The molecule has 1 saturated heterocycles. The molecule has 0 bridgehead atoms. The number of piperazine rings is 1. The molecule has 0 aromatic heterocycles. The Labute approximate surface area is 115 Å². The third-order valence-corrected chi connectivity index (χ3v) is 4.02. The van der Waals surface area contributed by atoms with Crippen LogP contribution in [0.25, 0.3) is 0 Å². The van der Waals surface area contributed by atoms with Crippen LogP contribution in [-0.2, 0) is 0 Å². The van der Waals surface area contributed by atoms with E-state index in [9.17, 15) is 4.39 Å². The first-order chi connectivity index (χ1) is 9.01. The molecule has 1 N–H and O–H groups in total. The molecule has 0 saturated carbocycles. The highest BCUT2D eigenvalue weighted by atomic mass is 19.1. The molecule has 1 aromatic carbocycles. The van der Waals surface area contributed by atoms with Crippen molar-refractivity contribution in [2.75, 3.05) is 40.8 Å². The minimum absolute atomic E-state index is 0.151. The summed E-state index contributed by atoms with van der Waals surface area (Å²) < 4.78 is 13.6. The Bertz CT molecular complexity index is 415. The molecule has 2 unspecified atom stereocenters. The normalized spacial score (nSPS) is 23.5. The van der Waals surface area contributed by atoms with Gasteiger partial charge in [0.25, 0.3) is 0 Å². The van der Waals surface area contributed by atoms with Crippen molar-refractivity contribution in [1.29, 1.82) is 0 Å². The fourth-order valence-electron chi connectivity index (χ4n) is 2.93. The van der Waals surface area contributed by atoms with Crippen LogP contribution in [-0.4, -0.2) is 56.6 Å². The van der Waals surface area contributed by atoms with E-state index in [2.05, 4.69) is 35.3 Å². The summed E-state index contributed by atoms with van der Waals surface area (Å²) in [5, 5.41) is 3.36. The van der Waals surface area contributed by atoms with Crippen LogP contribution in [0.3, 0.4) is 0 Å². The third-order valence-electron chi connectivity index (χ3n) is 4.02. The van der Waals surface area contributed by atoms with E-state index in [1.54, 1.807) is 12.1 Å². The maximum atomic E-state index is 13.6. The molecule has 0 spiro atoms. The number of hydrogen-bond donors (Lipinski definition) is 1. The second-order valence-corrected chi connectivity index (χ2v) is 5.64. The first-order valence-corrected chi connectivity index (χ1v) is 6.84. The Morgan fingerprint density at radius 1 is 1.26 bits per heavy atom. The number of nitrogens with zero attached hydrogens (tertiary/aromatic N) is 2. The van der Waals surface area contributed by atoms with E-state index in [0.717, 1.165) is 30.8 Å². The molecule has 0 radical (unpaired) electrons. The van der Waals surface area contributed by atoms with Crippen molar-refractivity contribution in [1.82, 2.24) is 15.1 Å². The molecule has 0 amide bonds. The zero-order valence-electron chi connectivity index (χ0n) is 12.3. The number of aryl methyl sites for hydroxylation is 1. The number of hydrogen-bond acceptors (Lipinski definition) is 3. The van der Waals surface area contributed by atoms with E-state index in [1.807, 2.05) is 14.0 Å². The second-order valence-electron chi connectivity index (χ2n) is 5.64. The summed E-state index contributed by atoms with van der Waals surface area (Å²) in [7, 11) is 6.24. The van der Waals surface area contributed by atoms with Crippen molar-refractivity contribution in [3.05, 3.63) is 35.1 Å². The number of rotatable bonds is 3. The molecule has 1 aliphatic heterocycles. The molecular formula is C15H24FN3. The Morgan fingerprint density at radius 3 is 2.63 bits per heavy atom. The molecule has 1 heterocycles. The SMILES string of the molecule is CNC(c1cc(C)cc(F)c1)C1CN(C)CCN1C. The topological polar surface area (TPSA) is 18.5 Å². The lowest BCUT2D eigenvalue weighted by Crippen LogP contribution is -2.54. The van der Waals surface area contributed by atoms with Gasteiger partial charge in [-0.15, -0.1) is 0 Å². The van der Waals surface area contributed by atoms with Crippen LogP contribution < -0.4 is 5.32 Å². The summed E-state index contributed by atoms with van der Waals surface area (Å²) >= 11 is 0. The highest BCUT2D eigenvalue weighted by Gasteiger charge is 2.30. The van der Waals surface area contributed by atoms with E-state index in [-0.39, 0.29) is 11.9 Å². The fourth-order valence-corrected chi connectivity index (χ4v) is 2.93. The quantitative estimate of drug-likeness (QED) is 0.896. The average molecular weight is 265 g/mol. The first kappa shape index (κ1) is 14.4. The van der Waals surface area contributed by atoms with Crippen LogP contribution in [0.1, 0.15) is 17.2 Å². The van der Waals surface area contributed by atoms with E-state index in [4.69, 9.17) is 0 Å². The van der Waals surface area contributed by atoms with Gasteiger partial charge in [-0.05, 0) is 51.3 Å². The van der Waals surface area contributed by atoms with Gasteiger partial charge in [0.05, 0.1) is 0 Å². The molecule has 2 rings (SSSR count). The molecular weight excluding hydrogens is 241 g/mol. The highest BCUT2D eigenvalue weighted by molar-refractivity contribution is 5.27. The van der Waals surface area contributed by atoms with Crippen molar-refractivity contribution in [2.24, 2.45) is 0 Å². The van der Waals surface area contributed by atoms with Crippen molar-refractivity contribution >= 4 is 0 Å². The minimum atomic E-state index is -0.151. The van der Waals surface area contributed by atoms with Crippen LogP contribution in [0.2, 0.25) is 0 Å². The van der Waals surface area contributed by atoms with E-state index in [0.29, 0.717) is 6.04 Å². The molecule has 106 valence electrons. The van der Waals surface area contributed by atoms with E-state index in [1.165, 1.54) is 0 Å². The Morgan fingerprint density at radius 2 is 2.00 bits per heavy atom. The van der Waals surface area contributed by atoms with Gasteiger partial charge in [0.15, 0.2) is 0 Å². The van der Waals surface area contributed by atoms with Crippen LogP contribution in [0.5, 0.6) is 0 Å². The van der Waals surface area contributed by atoms with Gasteiger partial charge in [-0.25, -0.2) is 4.39 Å². The van der Waals surface area contributed by atoms with Crippen LogP contribution in [0, 0.1) is 12.7 Å². The number of halogens is 1. The number of nitrogens with one attached hydrogen (secondary N) is 1. The molecule has 1 aromatic rings. The first-order valence-electron chi connectivity index (χ1n) is 6.84. The average Bonchev–Trinajstić information content (AvgIpc) is 2.33. The monoisotopic (exact) mass is 265 g/mol. The van der Waals surface area contributed by atoms with Crippen LogP contribution in [0.4, 0.5) is 4.39 Å². The van der Waals surface area contributed by atoms with Gasteiger partial charge in [0, 0.05) is 31.7 Å². The molecule has 1 aliphatic rings. The Hall–Kier alpha value is -0.970. The summed E-state index contributed by atoms with van der Waals surface area (Å²) in [6.07, 6.45) is 0. The number of benzene rings is 1. The lowest BCUT2D eigenvalue weighted by atomic mass is 9.95. The van der Waals surface area contributed by atoms with Gasteiger partial charge >= 0.3 is 0 Å². The molecule has 4 heteroatoms. The van der Waals surface area contributed by atoms with Crippen LogP contribution in [0.15, 0.2) is 18.2 Å². The van der Waals surface area contributed by atoms with E-state index >= 15 is 0 Å². The summed E-state index contributed by atoms with van der Waals surface area (Å²) in [6, 6.07) is 5.82. The Balaban J connectivity index is 2.27. The van der Waals surface area contributed by atoms with Crippen molar-refractivity contribution in [3.63, 3.8) is 0 Å². The summed E-state index contributed by atoms with van der Waals surface area (Å²) in [4.78, 5) is 4.70. The highest BCUT2D eigenvalue weighted by Crippen LogP contribution is 2.24. The zero-order chi connectivity index (χ0) is 14.0. The van der Waals surface area contributed by atoms with Crippen molar-refractivity contribution in [2.45, 2.75) is 19.0 Å². The maximum absolute atomic E-state index is 13.6. The summed E-state index contributed by atoms with van der Waals surface area (Å²) in [5.74, 6) is -0.151. The van der Waals surface area contributed by atoms with Gasteiger partial charge in [0.2, 0.25) is 0 Å². The van der Waals surface area contributed by atoms with Gasteiger partial charge < -0.3 is 10.2 Å². The smallest absolute Gasteiger partial charge is 0.123 e. The predicted octanol–water partition coefficient (Wildman–Crippen LogP) is 1.64. The van der Waals surface area contributed by atoms with Gasteiger partial charge in [-0.2, -0.15) is 0 Å². The maximum Gasteiger partial charge on any atom is 0.123 e.